The van der Waals surface area contributed by atoms with Crippen LogP contribution in [0.4, 0.5) is 0 Å². The number of nitrogen functional groups attached to an aromatic ring is 1. The van der Waals surface area contributed by atoms with E-state index in [0.717, 1.165) is 18.4 Å². The molecule has 3 N–H and O–H groups in total. The smallest absolute Gasteiger partial charge is 0.230 e. The van der Waals surface area contributed by atoms with E-state index in [-0.39, 0.29) is 17.7 Å². The quantitative estimate of drug-likeness (QED) is 0.458. The van der Waals surface area contributed by atoms with Gasteiger partial charge in [0, 0.05) is 24.0 Å². The molecule has 7 nitrogen and oxygen atoms in total. The lowest BCUT2D eigenvalue weighted by Crippen LogP contribution is -2.34. The first-order valence-electron chi connectivity index (χ1n) is 8.70. The highest BCUT2D eigenvalue weighted by Crippen LogP contribution is 2.20. The first-order valence-corrected chi connectivity index (χ1v) is 9.69. The zero-order valence-electron chi connectivity index (χ0n) is 15.1. The molecule has 3 rings (SSSR count). The van der Waals surface area contributed by atoms with Gasteiger partial charge in [-0.15, -0.1) is 10.2 Å². The molecule has 3 aromatic rings. The Hall–Kier alpha value is -2.87. The largest absolute Gasteiger partial charge is 0.353 e. The second-order valence-electron chi connectivity index (χ2n) is 6.20. The second-order valence-corrected chi connectivity index (χ2v) is 7.14. The van der Waals surface area contributed by atoms with Crippen LogP contribution < -0.4 is 11.2 Å². The van der Waals surface area contributed by atoms with Crippen molar-refractivity contribution in [2.75, 3.05) is 11.6 Å². The molecule has 8 heteroatoms. The van der Waals surface area contributed by atoms with Crippen LogP contribution >= 0.6 is 11.8 Å². The Morgan fingerprint density at radius 1 is 1.22 bits per heavy atom. The number of hydrogen-bond acceptors (Lipinski definition) is 6. The van der Waals surface area contributed by atoms with Gasteiger partial charge >= 0.3 is 0 Å². The monoisotopic (exact) mass is 382 g/mol. The highest BCUT2D eigenvalue weighted by atomic mass is 32.2. The van der Waals surface area contributed by atoms with Crippen LogP contribution in [0.25, 0.3) is 11.4 Å². The van der Waals surface area contributed by atoms with Crippen LogP contribution in [0.3, 0.4) is 0 Å². The molecule has 0 fully saturated rings. The summed E-state index contributed by atoms with van der Waals surface area (Å²) in [4.78, 5) is 16.2. The second kappa shape index (κ2) is 9.18. The molecule has 27 heavy (non-hydrogen) atoms. The zero-order chi connectivity index (χ0) is 19.1. The molecule has 2 heterocycles. The molecule has 1 amide bonds. The standard InChI is InChI=1S/C19H22N6OS/c1-14(9-10-15-6-3-2-4-7-15)22-17(26)13-27-19-24-23-18(25(19)20)16-8-5-11-21-12-16/h2-8,11-12,14H,9-10,13,20H2,1H3,(H,22,26)/t14-/m0/s1. The van der Waals surface area contributed by atoms with Crippen LogP contribution in [0.15, 0.2) is 60.0 Å². The lowest BCUT2D eigenvalue weighted by atomic mass is 10.1. The van der Waals surface area contributed by atoms with Crippen molar-refractivity contribution in [3.63, 3.8) is 0 Å². The minimum Gasteiger partial charge on any atom is -0.353 e. The van der Waals surface area contributed by atoms with Gasteiger partial charge in [-0.05, 0) is 37.5 Å². The molecule has 0 unspecified atom stereocenters. The van der Waals surface area contributed by atoms with E-state index in [4.69, 9.17) is 5.84 Å². The molecule has 0 aliphatic rings. The Bertz CT molecular complexity index is 868. The van der Waals surface area contributed by atoms with Crippen molar-refractivity contribution in [1.29, 1.82) is 0 Å². The first-order chi connectivity index (χ1) is 13.1. The van der Waals surface area contributed by atoms with Crippen molar-refractivity contribution in [1.82, 2.24) is 25.2 Å². The Labute approximate surface area is 162 Å². The van der Waals surface area contributed by atoms with E-state index in [0.29, 0.717) is 11.0 Å². The summed E-state index contributed by atoms with van der Waals surface area (Å²) >= 11 is 1.26. The minimum atomic E-state index is -0.0495. The van der Waals surface area contributed by atoms with Crippen molar-refractivity contribution in [3.05, 3.63) is 60.4 Å². The van der Waals surface area contributed by atoms with Gasteiger partial charge in [-0.25, -0.2) is 4.68 Å². The highest BCUT2D eigenvalue weighted by molar-refractivity contribution is 7.99. The number of hydrogen-bond donors (Lipinski definition) is 2. The molecular formula is C19H22N6OS. The third-order valence-electron chi connectivity index (χ3n) is 4.03. The summed E-state index contributed by atoms with van der Waals surface area (Å²) < 4.78 is 1.38. The predicted molar refractivity (Wildman–Crippen MR) is 106 cm³/mol. The summed E-state index contributed by atoms with van der Waals surface area (Å²) in [5.74, 6) is 6.75. The summed E-state index contributed by atoms with van der Waals surface area (Å²) in [5, 5.41) is 11.6. The van der Waals surface area contributed by atoms with Crippen molar-refractivity contribution in [3.8, 4) is 11.4 Å². The maximum Gasteiger partial charge on any atom is 0.230 e. The average molecular weight is 382 g/mol. The summed E-state index contributed by atoms with van der Waals surface area (Å²) in [5.41, 5.74) is 2.05. The SMILES string of the molecule is C[C@@H](CCc1ccccc1)NC(=O)CSc1nnc(-c2cccnc2)n1N. The van der Waals surface area contributed by atoms with Crippen LogP contribution in [-0.4, -0.2) is 37.6 Å². The van der Waals surface area contributed by atoms with Gasteiger partial charge in [0.2, 0.25) is 11.1 Å². The van der Waals surface area contributed by atoms with Crippen LogP contribution in [0.5, 0.6) is 0 Å². The van der Waals surface area contributed by atoms with Crippen LogP contribution in [0.1, 0.15) is 18.9 Å². The number of nitrogens with one attached hydrogen (secondary N) is 1. The Balaban J connectivity index is 1.47. The molecule has 0 bridgehead atoms. The number of rotatable bonds is 8. The van der Waals surface area contributed by atoms with E-state index in [2.05, 4.69) is 32.6 Å². The van der Waals surface area contributed by atoms with Gasteiger partial charge in [0.05, 0.1) is 5.75 Å². The number of benzene rings is 1. The molecule has 0 aliphatic heterocycles. The van der Waals surface area contributed by atoms with E-state index in [1.165, 1.54) is 22.0 Å². The number of pyridine rings is 1. The summed E-state index contributed by atoms with van der Waals surface area (Å²) in [7, 11) is 0. The Morgan fingerprint density at radius 2 is 2.04 bits per heavy atom. The number of carbonyl (C=O) groups excluding carboxylic acids is 1. The van der Waals surface area contributed by atoms with Gasteiger partial charge in [-0.1, -0.05) is 42.1 Å². The molecule has 1 aromatic carbocycles. The lowest BCUT2D eigenvalue weighted by molar-refractivity contribution is -0.119. The summed E-state index contributed by atoms with van der Waals surface area (Å²) in [6.07, 6.45) is 5.17. The number of carbonyl (C=O) groups is 1. The van der Waals surface area contributed by atoms with Gasteiger partial charge in [-0.3, -0.25) is 9.78 Å². The van der Waals surface area contributed by atoms with Crippen LogP contribution in [0.2, 0.25) is 0 Å². The minimum absolute atomic E-state index is 0.0495. The molecule has 0 radical (unpaired) electrons. The molecule has 0 saturated carbocycles. The number of aryl methyl sites for hydroxylation is 1. The number of nitrogens with zero attached hydrogens (tertiary/aromatic N) is 4. The number of aromatic nitrogens is 4. The van der Waals surface area contributed by atoms with Gasteiger partial charge in [0.25, 0.3) is 0 Å². The number of thioether (sulfide) groups is 1. The predicted octanol–water partition coefficient (Wildman–Crippen LogP) is 2.28. The van der Waals surface area contributed by atoms with E-state index in [9.17, 15) is 4.79 Å². The van der Waals surface area contributed by atoms with E-state index >= 15 is 0 Å². The summed E-state index contributed by atoms with van der Waals surface area (Å²) in [6, 6.07) is 14.0. The first kappa shape index (κ1) is 18.9. The average Bonchev–Trinajstić information content (AvgIpc) is 3.07. The molecule has 0 saturated heterocycles. The molecule has 0 aliphatic carbocycles. The zero-order valence-corrected chi connectivity index (χ0v) is 15.9. The van der Waals surface area contributed by atoms with E-state index in [1.807, 2.05) is 31.2 Å². The van der Waals surface area contributed by atoms with Crippen molar-refractivity contribution in [2.24, 2.45) is 0 Å². The fourth-order valence-electron chi connectivity index (χ4n) is 2.61. The normalized spacial score (nSPS) is 11.9. The number of nitrogens with two attached hydrogens (primary N) is 1. The lowest BCUT2D eigenvalue weighted by Gasteiger charge is -2.13. The van der Waals surface area contributed by atoms with Crippen LogP contribution in [-0.2, 0) is 11.2 Å². The fourth-order valence-corrected chi connectivity index (χ4v) is 3.28. The summed E-state index contributed by atoms with van der Waals surface area (Å²) in [6.45, 7) is 2.01. The van der Waals surface area contributed by atoms with E-state index < -0.39 is 0 Å². The fraction of sp³-hybridized carbons (Fsp3) is 0.263. The number of amides is 1. The third kappa shape index (κ3) is 5.30. The Kier molecular flexibility index (Phi) is 6.43. The molecule has 1 atom stereocenters. The Morgan fingerprint density at radius 3 is 2.78 bits per heavy atom. The van der Waals surface area contributed by atoms with E-state index in [1.54, 1.807) is 18.5 Å². The van der Waals surface area contributed by atoms with Crippen molar-refractivity contribution >= 4 is 17.7 Å². The van der Waals surface area contributed by atoms with Gasteiger partial charge in [0.1, 0.15) is 0 Å². The van der Waals surface area contributed by atoms with Crippen LogP contribution in [0, 0.1) is 0 Å². The van der Waals surface area contributed by atoms with Crippen molar-refractivity contribution < 1.29 is 4.79 Å². The van der Waals surface area contributed by atoms with Gasteiger partial charge < -0.3 is 11.2 Å². The highest BCUT2D eigenvalue weighted by Gasteiger charge is 2.14. The molecule has 140 valence electrons. The third-order valence-corrected chi connectivity index (χ3v) is 4.98. The molecule has 2 aromatic heterocycles. The van der Waals surface area contributed by atoms with Gasteiger partial charge in [-0.2, -0.15) is 0 Å². The van der Waals surface area contributed by atoms with Gasteiger partial charge in [0.15, 0.2) is 5.82 Å². The topological polar surface area (TPSA) is 98.7 Å². The maximum atomic E-state index is 12.2. The van der Waals surface area contributed by atoms with Crippen molar-refractivity contribution in [2.45, 2.75) is 31.0 Å². The molecule has 0 spiro atoms. The molecular weight excluding hydrogens is 360 g/mol. The maximum absolute atomic E-state index is 12.2.